The van der Waals surface area contributed by atoms with Crippen molar-refractivity contribution in [2.24, 2.45) is 11.7 Å². The second-order valence-corrected chi connectivity index (χ2v) is 6.52. The summed E-state index contributed by atoms with van der Waals surface area (Å²) in [4.78, 5) is 34.3. The number of hydrogen-bond acceptors (Lipinski definition) is 4. The fourth-order valence-corrected chi connectivity index (χ4v) is 3.18. The molecule has 0 spiro atoms. The molecule has 3 rings (SSSR count). The number of likely N-dealkylation sites (tertiary alicyclic amines) is 1. The maximum atomic E-state index is 12.7. The number of rotatable bonds is 4. The highest BCUT2D eigenvalue weighted by Crippen LogP contribution is 2.23. The van der Waals surface area contributed by atoms with Gasteiger partial charge in [-0.3, -0.25) is 9.59 Å². The summed E-state index contributed by atoms with van der Waals surface area (Å²) in [6.45, 7) is 2.44. The molecule has 0 aliphatic carbocycles. The number of carbonyl (C=O) groups is 2. The molecule has 25 heavy (non-hydrogen) atoms. The van der Waals surface area contributed by atoms with Crippen molar-refractivity contribution in [2.45, 2.75) is 32.2 Å². The third-order valence-corrected chi connectivity index (χ3v) is 4.74. The molecule has 2 heterocycles. The minimum absolute atomic E-state index is 0.0298. The van der Waals surface area contributed by atoms with Crippen LogP contribution in [0.3, 0.4) is 0 Å². The summed E-state index contributed by atoms with van der Waals surface area (Å²) in [5.41, 5.74) is 7.25. The largest absolute Gasteiger partial charge is 0.369 e. The molecule has 1 aromatic carbocycles. The lowest BCUT2D eigenvalue weighted by atomic mass is 9.92. The van der Waals surface area contributed by atoms with Crippen molar-refractivity contribution >= 4 is 11.8 Å². The standard InChI is InChI=1S/C19H22N4O2/c1-13-3-6-16(18(20)25)12-23(13)17(24)11-14-4-7-15(8-5-14)19-21-9-2-10-22-19/h2,4-5,7-10,13,16H,3,6,11-12H2,1H3,(H2,20,25)/t13-,16+/m0/s1. The summed E-state index contributed by atoms with van der Waals surface area (Å²) in [5.74, 6) is 0.131. The normalized spacial score (nSPS) is 20.3. The van der Waals surface area contributed by atoms with Crippen molar-refractivity contribution in [3.8, 4) is 11.4 Å². The average Bonchev–Trinajstić information content (AvgIpc) is 2.63. The molecular formula is C19H22N4O2. The van der Waals surface area contributed by atoms with Gasteiger partial charge in [-0.2, -0.15) is 0 Å². The van der Waals surface area contributed by atoms with E-state index >= 15 is 0 Å². The minimum Gasteiger partial charge on any atom is -0.369 e. The van der Waals surface area contributed by atoms with Crippen LogP contribution in [0.5, 0.6) is 0 Å². The Morgan fingerprint density at radius 2 is 1.84 bits per heavy atom. The Labute approximate surface area is 147 Å². The molecule has 1 aliphatic rings. The number of benzene rings is 1. The van der Waals surface area contributed by atoms with Gasteiger partial charge in [0.05, 0.1) is 12.3 Å². The third-order valence-electron chi connectivity index (χ3n) is 4.74. The molecule has 1 fully saturated rings. The summed E-state index contributed by atoms with van der Waals surface area (Å²) in [5, 5.41) is 0. The second kappa shape index (κ2) is 7.42. The highest BCUT2D eigenvalue weighted by atomic mass is 16.2. The Hall–Kier alpha value is -2.76. The number of carbonyl (C=O) groups excluding carboxylic acids is 2. The maximum absolute atomic E-state index is 12.7. The fraction of sp³-hybridized carbons (Fsp3) is 0.368. The molecule has 1 aliphatic heterocycles. The van der Waals surface area contributed by atoms with E-state index in [4.69, 9.17) is 5.73 Å². The summed E-state index contributed by atoms with van der Waals surface area (Å²) in [6, 6.07) is 9.59. The molecule has 2 amide bonds. The average molecular weight is 338 g/mol. The first kappa shape index (κ1) is 17.1. The van der Waals surface area contributed by atoms with E-state index in [0.29, 0.717) is 18.8 Å². The lowest BCUT2D eigenvalue weighted by Gasteiger charge is -2.37. The molecule has 0 radical (unpaired) electrons. The summed E-state index contributed by atoms with van der Waals surface area (Å²) >= 11 is 0. The van der Waals surface area contributed by atoms with Gasteiger partial charge in [0.1, 0.15) is 0 Å². The van der Waals surface area contributed by atoms with E-state index in [2.05, 4.69) is 9.97 Å². The molecule has 0 unspecified atom stereocenters. The number of primary amides is 1. The van der Waals surface area contributed by atoms with E-state index in [-0.39, 0.29) is 23.8 Å². The molecule has 6 nitrogen and oxygen atoms in total. The van der Waals surface area contributed by atoms with Gasteiger partial charge in [0.25, 0.3) is 0 Å². The van der Waals surface area contributed by atoms with Crippen molar-refractivity contribution in [3.05, 3.63) is 48.3 Å². The predicted molar refractivity (Wildman–Crippen MR) is 94.3 cm³/mol. The number of nitrogens with two attached hydrogens (primary N) is 1. The van der Waals surface area contributed by atoms with Crippen LogP contribution in [0.2, 0.25) is 0 Å². The molecule has 1 aromatic heterocycles. The van der Waals surface area contributed by atoms with Crippen LogP contribution in [0.1, 0.15) is 25.3 Å². The van der Waals surface area contributed by atoms with Gasteiger partial charge in [-0.05, 0) is 31.4 Å². The number of piperidine rings is 1. The van der Waals surface area contributed by atoms with E-state index < -0.39 is 0 Å². The summed E-state index contributed by atoms with van der Waals surface area (Å²) in [6.07, 6.45) is 5.28. The molecule has 2 aromatic rings. The van der Waals surface area contributed by atoms with Crippen molar-refractivity contribution < 1.29 is 9.59 Å². The van der Waals surface area contributed by atoms with Crippen molar-refractivity contribution in [2.75, 3.05) is 6.54 Å². The number of amides is 2. The zero-order valence-electron chi connectivity index (χ0n) is 14.3. The van der Waals surface area contributed by atoms with E-state index in [1.807, 2.05) is 31.2 Å². The molecular weight excluding hydrogens is 316 g/mol. The monoisotopic (exact) mass is 338 g/mol. The van der Waals surface area contributed by atoms with Crippen LogP contribution in [0.25, 0.3) is 11.4 Å². The van der Waals surface area contributed by atoms with Gasteiger partial charge < -0.3 is 10.6 Å². The van der Waals surface area contributed by atoms with Crippen LogP contribution in [0, 0.1) is 5.92 Å². The van der Waals surface area contributed by atoms with Crippen molar-refractivity contribution in [1.29, 1.82) is 0 Å². The Balaban J connectivity index is 1.67. The van der Waals surface area contributed by atoms with Gasteiger partial charge in [-0.15, -0.1) is 0 Å². The Bertz CT molecular complexity index is 746. The minimum atomic E-state index is -0.322. The van der Waals surface area contributed by atoms with E-state index in [0.717, 1.165) is 24.0 Å². The number of hydrogen-bond donors (Lipinski definition) is 1. The SMILES string of the molecule is C[C@H]1CC[C@@H](C(N)=O)CN1C(=O)Cc1ccc(-c2ncccn2)cc1. The van der Waals surface area contributed by atoms with Gasteiger partial charge in [-0.25, -0.2) is 9.97 Å². The van der Waals surface area contributed by atoms with E-state index in [1.165, 1.54) is 0 Å². The predicted octanol–water partition coefficient (Wildman–Crippen LogP) is 1.80. The fourth-order valence-electron chi connectivity index (χ4n) is 3.18. The Morgan fingerprint density at radius 3 is 2.48 bits per heavy atom. The number of nitrogens with zero attached hydrogens (tertiary/aromatic N) is 3. The van der Waals surface area contributed by atoms with Crippen molar-refractivity contribution in [1.82, 2.24) is 14.9 Å². The smallest absolute Gasteiger partial charge is 0.227 e. The zero-order valence-corrected chi connectivity index (χ0v) is 14.3. The molecule has 0 bridgehead atoms. The number of aromatic nitrogens is 2. The van der Waals surface area contributed by atoms with Crippen LogP contribution >= 0.6 is 0 Å². The van der Waals surface area contributed by atoms with Crippen molar-refractivity contribution in [3.63, 3.8) is 0 Å². The quantitative estimate of drug-likeness (QED) is 0.920. The molecule has 2 atom stereocenters. The maximum Gasteiger partial charge on any atom is 0.227 e. The van der Waals surface area contributed by atoms with Crippen LogP contribution in [0.15, 0.2) is 42.7 Å². The molecule has 1 saturated heterocycles. The zero-order chi connectivity index (χ0) is 17.8. The van der Waals surface area contributed by atoms with Gasteiger partial charge in [0, 0.05) is 30.5 Å². The van der Waals surface area contributed by atoms with Crippen LogP contribution in [0.4, 0.5) is 0 Å². The Morgan fingerprint density at radius 1 is 1.16 bits per heavy atom. The van der Waals surface area contributed by atoms with Crippen LogP contribution < -0.4 is 5.73 Å². The summed E-state index contributed by atoms with van der Waals surface area (Å²) in [7, 11) is 0. The Kier molecular flexibility index (Phi) is 5.07. The summed E-state index contributed by atoms with van der Waals surface area (Å²) < 4.78 is 0. The highest BCUT2D eigenvalue weighted by molar-refractivity contribution is 5.82. The van der Waals surface area contributed by atoms with Gasteiger partial charge >= 0.3 is 0 Å². The first-order valence-electron chi connectivity index (χ1n) is 8.49. The topological polar surface area (TPSA) is 89.2 Å². The molecule has 6 heteroatoms. The molecule has 0 saturated carbocycles. The molecule has 130 valence electrons. The van der Waals surface area contributed by atoms with Gasteiger partial charge in [0.2, 0.25) is 11.8 Å². The van der Waals surface area contributed by atoms with Gasteiger partial charge in [0.15, 0.2) is 5.82 Å². The lowest BCUT2D eigenvalue weighted by Crippen LogP contribution is -2.49. The first-order valence-corrected chi connectivity index (χ1v) is 8.49. The lowest BCUT2D eigenvalue weighted by molar-refractivity contribution is -0.136. The highest BCUT2D eigenvalue weighted by Gasteiger charge is 2.31. The van der Waals surface area contributed by atoms with Crippen LogP contribution in [-0.2, 0) is 16.0 Å². The van der Waals surface area contributed by atoms with E-state index in [1.54, 1.807) is 23.4 Å². The van der Waals surface area contributed by atoms with Crippen LogP contribution in [-0.4, -0.2) is 39.3 Å². The van der Waals surface area contributed by atoms with Gasteiger partial charge in [-0.1, -0.05) is 24.3 Å². The molecule has 2 N–H and O–H groups in total. The van der Waals surface area contributed by atoms with E-state index in [9.17, 15) is 9.59 Å². The second-order valence-electron chi connectivity index (χ2n) is 6.52. The third kappa shape index (κ3) is 4.02. The first-order chi connectivity index (χ1) is 12.0.